The molecule has 1 saturated carbocycles. The molecule has 0 aromatic heterocycles. The summed E-state index contributed by atoms with van der Waals surface area (Å²) >= 11 is 0. The van der Waals surface area contributed by atoms with Gasteiger partial charge in [-0.3, -0.25) is 9.69 Å². The highest BCUT2D eigenvalue weighted by Gasteiger charge is 2.35. The summed E-state index contributed by atoms with van der Waals surface area (Å²) in [6.07, 6.45) is 2.88. The molecule has 1 amide bonds. The van der Waals surface area contributed by atoms with Crippen molar-refractivity contribution < 1.29 is 23.1 Å². The van der Waals surface area contributed by atoms with Gasteiger partial charge in [-0.2, -0.15) is 0 Å². The predicted molar refractivity (Wildman–Crippen MR) is 81.4 cm³/mol. The molecule has 2 aliphatic rings. The molecular formula is C17H21F3N2O2. The lowest BCUT2D eigenvalue weighted by atomic mass is 9.84. The molecule has 1 heterocycles. The van der Waals surface area contributed by atoms with Crippen LogP contribution in [-0.2, 0) is 11.3 Å². The Morgan fingerprint density at radius 2 is 1.88 bits per heavy atom. The number of amides is 1. The highest BCUT2D eigenvalue weighted by Crippen LogP contribution is 2.27. The topological polar surface area (TPSA) is 52.6 Å². The van der Waals surface area contributed by atoms with Gasteiger partial charge >= 0.3 is 0 Å². The van der Waals surface area contributed by atoms with Crippen molar-refractivity contribution in [3.63, 3.8) is 0 Å². The van der Waals surface area contributed by atoms with Gasteiger partial charge in [0, 0.05) is 44.1 Å². The van der Waals surface area contributed by atoms with E-state index in [0.29, 0.717) is 18.7 Å². The van der Waals surface area contributed by atoms with Crippen LogP contribution in [0, 0.1) is 29.3 Å². The van der Waals surface area contributed by atoms with Crippen LogP contribution in [0.1, 0.15) is 24.8 Å². The second-order valence-corrected chi connectivity index (χ2v) is 6.75. The van der Waals surface area contributed by atoms with Crippen LogP contribution in [0.4, 0.5) is 13.2 Å². The van der Waals surface area contributed by atoms with Gasteiger partial charge in [0.05, 0.1) is 0 Å². The van der Waals surface area contributed by atoms with Gasteiger partial charge in [0.2, 0.25) is 5.91 Å². The molecule has 0 unspecified atom stereocenters. The fraction of sp³-hybridized carbons (Fsp3) is 0.588. The summed E-state index contributed by atoms with van der Waals surface area (Å²) in [6, 6.07) is 1.78. The SMILES string of the molecule is O=C(N[C@@H]1CN(Cc2cc(F)c(F)c(F)c2)C[C@H]1CO)C1CCC1. The number of aliphatic hydroxyl groups is 1. The first-order valence-corrected chi connectivity index (χ1v) is 8.25. The van der Waals surface area contributed by atoms with E-state index in [1.165, 1.54) is 0 Å². The molecule has 0 spiro atoms. The number of aliphatic hydroxyl groups excluding tert-OH is 1. The van der Waals surface area contributed by atoms with Crippen LogP contribution < -0.4 is 5.32 Å². The summed E-state index contributed by atoms with van der Waals surface area (Å²) in [5.41, 5.74) is 0.328. The Labute approximate surface area is 138 Å². The molecule has 0 radical (unpaired) electrons. The first-order chi connectivity index (χ1) is 11.5. The molecule has 2 fully saturated rings. The lowest BCUT2D eigenvalue weighted by Crippen LogP contribution is -2.45. The zero-order valence-electron chi connectivity index (χ0n) is 13.3. The minimum Gasteiger partial charge on any atom is -0.396 e. The highest BCUT2D eigenvalue weighted by atomic mass is 19.2. The van der Waals surface area contributed by atoms with Gasteiger partial charge in [-0.25, -0.2) is 13.2 Å². The number of nitrogens with one attached hydrogen (secondary N) is 1. The van der Waals surface area contributed by atoms with E-state index in [4.69, 9.17) is 0 Å². The molecule has 1 aromatic carbocycles. The summed E-state index contributed by atoms with van der Waals surface area (Å²) in [4.78, 5) is 14.0. The van der Waals surface area contributed by atoms with Crippen LogP contribution >= 0.6 is 0 Å². The second-order valence-electron chi connectivity index (χ2n) is 6.75. The number of carbonyl (C=O) groups is 1. The summed E-state index contributed by atoms with van der Waals surface area (Å²) in [5, 5.41) is 12.5. The summed E-state index contributed by atoms with van der Waals surface area (Å²) < 4.78 is 39.6. The Kier molecular flexibility index (Phi) is 5.10. The van der Waals surface area contributed by atoms with Crippen molar-refractivity contribution in [3.05, 3.63) is 35.1 Å². The highest BCUT2D eigenvalue weighted by molar-refractivity contribution is 5.79. The molecule has 132 valence electrons. The van der Waals surface area contributed by atoms with Crippen molar-refractivity contribution in [1.82, 2.24) is 10.2 Å². The van der Waals surface area contributed by atoms with E-state index in [2.05, 4.69) is 5.32 Å². The van der Waals surface area contributed by atoms with Crippen LogP contribution in [-0.4, -0.2) is 41.7 Å². The maximum absolute atomic E-state index is 13.3. The number of halogens is 3. The summed E-state index contributed by atoms with van der Waals surface area (Å²) in [5.74, 6) is -3.93. The fourth-order valence-corrected chi connectivity index (χ4v) is 3.37. The van der Waals surface area contributed by atoms with Crippen molar-refractivity contribution in [2.45, 2.75) is 31.8 Å². The molecular weight excluding hydrogens is 321 g/mol. The lowest BCUT2D eigenvalue weighted by Gasteiger charge is -2.27. The molecule has 7 heteroatoms. The molecule has 2 N–H and O–H groups in total. The quantitative estimate of drug-likeness (QED) is 0.803. The van der Waals surface area contributed by atoms with Gasteiger partial charge in [0.25, 0.3) is 0 Å². The van der Waals surface area contributed by atoms with Gasteiger partial charge in [0.1, 0.15) is 0 Å². The van der Waals surface area contributed by atoms with E-state index in [1.807, 2.05) is 4.90 Å². The molecule has 3 rings (SSSR count). The summed E-state index contributed by atoms with van der Waals surface area (Å²) in [6.45, 7) is 1.16. The average Bonchev–Trinajstić information content (AvgIpc) is 2.84. The van der Waals surface area contributed by atoms with Crippen LogP contribution in [0.5, 0.6) is 0 Å². The third kappa shape index (κ3) is 3.57. The monoisotopic (exact) mass is 342 g/mol. The second kappa shape index (κ2) is 7.11. The molecule has 1 aliphatic heterocycles. The van der Waals surface area contributed by atoms with Crippen LogP contribution in [0.3, 0.4) is 0 Å². The van der Waals surface area contributed by atoms with Gasteiger partial charge < -0.3 is 10.4 Å². The zero-order valence-corrected chi connectivity index (χ0v) is 13.3. The maximum atomic E-state index is 13.3. The van der Waals surface area contributed by atoms with Crippen LogP contribution in [0.2, 0.25) is 0 Å². The van der Waals surface area contributed by atoms with Crippen molar-refractivity contribution in [1.29, 1.82) is 0 Å². The van der Waals surface area contributed by atoms with Crippen molar-refractivity contribution >= 4 is 5.91 Å². The minimum absolute atomic E-state index is 0.0189. The normalized spacial score (nSPS) is 24.8. The van der Waals surface area contributed by atoms with E-state index < -0.39 is 17.5 Å². The number of hydrogen-bond acceptors (Lipinski definition) is 3. The maximum Gasteiger partial charge on any atom is 0.223 e. The molecule has 1 aromatic rings. The van der Waals surface area contributed by atoms with E-state index in [-0.39, 0.29) is 36.9 Å². The third-order valence-electron chi connectivity index (χ3n) is 5.00. The number of hydrogen-bond donors (Lipinski definition) is 2. The summed E-state index contributed by atoms with van der Waals surface area (Å²) in [7, 11) is 0. The number of nitrogens with zero attached hydrogens (tertiary/aromatic N) is 1. The van der Waals surface area contributed by atoms with Gasteiger partial charge in [-0.1, -0.05) is 6.42 Å². The molecule has 4 nitrogen and oxygen atoms in total. The van der Waals surface area contributed by atoms with Crippen LogP contribution in [0.15, 0.2) is 12.1 Å². The first kappa shape index (κ1) is 17.2. The molecule has 0 bridgehead atoms. The average molecular weight is 342 g/mol. The van der Waals surface area contributed by atoms with Gasteiger partial charge in [0.15, 0.2) is 17.5 Å². The van der Waals surface area contributed by atoms with Crippen molar-refractivity contribution in [2.75, 3.05) is 19.7 Å². The molecule has 24 heavy (non-hydrogen) atoms. The fourth-order valence-electron chi connectivity index (χ4n) is 3.37. The van der Waals surface area contributed by atoms with Gasteiger partial charge in [-0.15, -0.1) is 0 Å². The van der Waals surface area contributed by atoms with E-state index in [9.17, 15) is 23.1 Å². The number of carbonyl (C=O) groups excluding carboxylic acids is 1. The smallest absolute Gasteiger partial charge is 0.223 e. The van der Waals surface area contributed by atoms with E-state index >= 15 is 0 Å². The lowest BCUT2D eigenvalue weighted by molar-refractivity contribution is -0.128. The molecule has 1 saturated heterocycles. The van der Waals surface area contributed by atoms with Crippen molar-refractivity contribution in [3.8, 4) is 0 Å². The predicted octanol–water partition coefficient (Wildman–Crippen LogP) is 1.81. The molecule has 1 aliphatic carbocycles. The standard InChI is InChI=1S/C17H21F3N2O2/c18-13-4-10(5-14(19)16(13)20)6-22-7-12(9-23)15(8-22)21-17(24)11-2-1-3-11/h4-5,11-12,15,23H,1-3,6-9H2,(H,21,24)/t12-,15+/m0/s1. The Balaban J connectivity index is 1.62. The van der Waals surface area contributed by atoms with Crippen LogP contribution in [0.25, 0.3) is 0 Å². The minimum atomic E-state index is -1.47. The molecule has 2 atom stereocenters. The Bertz CT molecular complexity index is 599. The third-order valence-corrected chi connectivity index (χ3v) is 5.00. The van der Waals surface area contributed by atoms with E-state index in [0.717, 1.165) is 31.4 Å². The van der Waals surface area contributed by atoms with E-state index in [1.54, 1.807) is 0 Å². The number of rotatable bonds is 5. The van der Waals surface area contributed by atoms with Gasteiger partial charge in [-0.05, 0) is 30.5 Å². The van der Waals surface area contributed by atoms with Crippen molar-refractivity contribution in [2.24, 2.45) is 11.8 Å². The number of likely N-dealkylation sites (tertiary alicyclic amines) is 1. The Morgan fingerprint density at radius 3 is 2.42 bits per heavy atom. The number of benzene rings is 1. The zero-order chi connectivity index (χ0) is 17.3. The Morgan fingerprint density at radius 1 is 1.21 bits per heavy atom. The Hall–Kier alpha value is -1.60. The first-order valence-electron chi connectivity index (χ1n) is 8.25. The largest absolute Gasteiger partial charge is 0.396 e.